The summed E-state index contributed by atoms with van der Waals surface area (Å²) in [6.07, 6.45) is 4.58. The van der Waals surface area contributed by atoms with Gasteiger partial charge in [-0.1, -0.05) is 25.5 Å². The molecule has 1 N–H and O–H groups in total. The SMILES string of the molecule is CCCC(N=C1COc2ccccc2N1)N1CCN(c2ncc(F)cn2)CC1. The average Bonchev–Trinajstić information content (AvgIpc) is 2.74. The maximum atomic E-state index is 13.0. The number of anilines is 2. The van der Waals surface area contributed by atoms with Crippen LogP contribution in [-0.2, 0) is 0 Å². The van der Waals surface area contributed by atoms with E-state index in [1.807, 2.05) is 24.3 Å². The second-order valence-corrected chi connectivity index (χ2v) is 6.98. The van der Waals surface area contributed by atoms with Crippen LogP contribution in [0.1, 0.15) is 19.8 Å². The first-order valence-electron chi connectivity index (χ1n) is 9.75. The van der Waals surface area contributed by atoms with E-state index < -0.39 is 5.82 Å². The largest absolute Gasteiger partial charge is 0.484 e. The van der Waals surface area contributed by atoms with E-state index in [-0.39, 0.29) is 6.17 Å². The lowest BCUT2D eigenvalue weighted by molar-refractivity contribution is 0.179. The number of aromatic nitrogens is 2. The Balaban J connectivity index is 1.41. The minimum absolute atomic E-state index is 0.109. The quantitative estimate of drug-likeness (QED) is 0.855. The summed E-state index contributed by atoms with van der Waals surface area (Å²) in [4.78, 5) is 17.6. The third kappa shape index (κ3) is 4.22. The number of nitrogens with one attached hydrogen (secondary N) is 1. The number of hydrogen-bond donors (Lipinski definition) is 1. The van der Waals surface area contributed by atoms with E-state index in [1.54, 1.807) is 0 Å². The Bertz CT molecular complexity index is 820. The number of amidine groups is 1. The van der Waals surface area contributed by atoms with Crippen molar-refractivity contribution in [1.82, 2.24) is 14.9 Å². The van der Waals surface area contributed by atoms with E-state index >= 15 is 0 Å². The van der Waals surface area contributed by atoms with Crippen LogP contribution in [0.15, 0.2) is 41.7 Å². The van der Waals surface area contributed by atoms with Gasteiger partial charge in [0.2, 0.25) is 5.95 Å². The van der Waals surface area contributed by atoms with Gasteiger partial charge >= 0.3 is 0 Å². The van der Waals surface area contributed by atoms with Crippen molar-refractivity contribution in [2.24, 2.45) is 4.99 Å². The van der Waals surface area contributed by atoms with Gasteiger partial charge in [-0.25, -0.2) is 19.4 Å². The van der Waals surface area contributed by atoms with Crippen molar-refractivity contribution in [3.63, 3.8) is 0 Å². The molecule has 0 radical (unpaired) electrons. The zero-order chi connectivity index (χ0) is 19.3. The van der Waals surface area contributed by atoms with E-state index in [1.165, 1.54) is 12.4 Å². The lowest BCUT2D eigenvalue weighted by atomic mass is 10.2. The molecule has 3 heterocycles. The van der Waals surface area contributed by atoms with Gasteiger partial charge in [0.05, 0.1) is 18.1 Å². The van der Waals surface area contributed by atoms with Gasteiger partial charge < -0.3 is 15.0 Å². The van der Waals surface area contributed by atoms with Crippen molar-refractivity contribution in [1.29, 1.82) is 0 Å². The Morgan fingerprint density at radius 1 is 1.18 bits per heavy atom. The van der Waals surface area contributed by atoms with Crippen LogP contribution in [0.25, 0.3) is 0 Å². The van der Waals surface area contributed by atoms with Crippen LogP contribution in [0, 0.1) is 5.82 Å². The van der Waals surface area contributed by atoms with Gasteiger partial charge in [0, 0.05) is 26.2 Å². The number of fused-ring (bicyclic) bond motifs is 1. The highest BCUT2D eigenvalue weighted by molar-refractivity contribution is 5.99. The van der Waals surface area contributed by atoms with Crippen LogP contribution in [0.2, 0.25) is 0 Å². The Morgan fingerprint density at radius 2 is 1.93 bits per heavy atom. The highest BCUT2D eigenvalue weighted by atomic mass is 19.1. The Hall–Kier alpha value is -2.74. The highest BCUT2D eigenvalue weighted by Crippen LogP contribution is 2.27. The molecule has 7 nitrogen and oxygen atoms in total. The second-order valence-electron chi connectivity index (χ2n) is 6.98. The summed E-state index contributed by atoms with van der Waals surface area (Å²) >= 11 is 0. The summed E-state index contributed by atoms with van der Waals surface area (Å²) in [5, 5.41) is 3.40. The molecule has 148 valence electrons. The summed E-state index contributed by atoms with van der Waals surface area (Å²) in [5.41, 5.74) is 0.959. The van der Waals surface area contributed by atoms with Gasteiger partial charge in [0.1, 0.15) is 24.4 Å². The maximum Gasteiger partial charge on any atom is 0.225 e. The van der Waals surface area contributed by atoms with Gasteiger partial charge in [-0.3, -0.25) is 4.90 Å². The van der Waals surface area contributed by atoms with Crippen LogP contribution < -0.4 is 15.0 Å². The zero-order valence-corrected chi connectivity index (χ0v) is 16.0. The third-order valence-electron chi connectivity index (χ3n) is 5.01. The van der Waals surface area contributed by atoms with Gasteiger partial charge in [0.25, 0.3) is 0 Å². The van der Waals surface area contributed by atoms with E-state index in [0.29, 0.717) is 12.6 Å². The molecule has 2 aliphatic rings. The first-order valence-corrected chi connectivity index (χ1v) is 9.75. The van der Waals surface area contributed by atoms with Crippen LogP contribution in [0.5, 0.6) is 5.75 Å². The van der Waals surface area contributed by atoms with Crippen LogP contribution >= 0.6 is 0 Å². The minimum Gasteiger partial charge on any atom is -0.484 e. The number of halogens is 1. The third-order valence-corrected chi connectivity index (χ3v) is 5.01. The van der Waals surface area contributed by atoms with Crippen molar-refractivity contribution in [3.8, 4) is 5.75 Å². The van der Waals surface area contributed by atoms with Crippen molar-refractivity contribution < 1.29 is 9.13 Å². The zero-order valence-electron chi connectivity index (χ0n) is 16.0. The fraction of sp³-hybridized carbons (Fsp3) is 0.450. The number of nitrogens with zero attached hydrogens (tertiary/aromatic N) is 5. The maximum absolute atomic E-state index is 13.0. The fourth-order valence-electron chi connectivity index (χ4n) is 3.56. The normalized spacial score (nSPS) is 19.6. The summed E-state index contributed by atoms with van der Waals surface area (Å²) in [6, 6.07) is 7.91. The van der Waals surface area contributed by atoms with Gasteiger partial charge in [-0.15, -0.1) is 0 Å². The van der Waals surface area contributed by atoms with E-state index in [9.17, 15) is 4.39 Å². The fourth-order valence-corrected chi connectivity index (χ4v) is 3.56. The van der Waals surface area contributed by atoms with E-state index in [2.05, 4.69) is 32.0 Å². The molecule has 0 amide bonds. The molecule has 4 rings (SSSR count). The molecule has 0 spiro atoms. The number of piperazine rings is 1. The molecule has 2 aromatic rings. The van der Waals surface area contributed by atoms with Crippen molar-refractivity contribution >= 4 is 17.5 Å². The average molecular weight is 384 g/mol. The summed E-state index contributed by atoms with van der Waals surface area (Å²) in [6.45, 7) is 5.95. The van der Waals surface area contributed by atoms with Crippen molar-refractivity contribution in [2.75, 3.05) is 43.0 Å². The standard InChI is InChI=1S/C20H25FN6O/c1-2-5-19(25-18-14-28-17-7-4-3-6-16(17)24-18)26-8-10-27(11-9-26)20-22-12-15(21)13-23-20/h3-4,6-7,12-13,19H,2,5,8-11,14H2,1H3,(H,24,25). The van der Waals surface area contributed by atoms with Gasteiger partial charge in [-0.2, -0.15) is 0 Å². The van der Waals surface area contributed by atoms with Crippen LogP contribution in [0.4, 0.5) is 16.0 Å². The van der Waals surface area contributed by atoms with E-state index in [4.69, 9.17) is 9.73 Å². The first kappa shape index (κ1) is 18.6. The topological polar surface area (TPSA) is 65.9 Å². The first-order chi connectivity index (χ1) is 13.7. The number of aliphatic imine (C=N–C) groups is 1. The smallest absolute Gasteiger partial charge is 0.225 e. The molecule has 1 saturated heterocycles. The Morgan fingerprint density at radius 3 is 2.68 bits per heavy atom. The molecule has 1 aromatic carbocycles. The predicted octanol–water partition coefficient (Wildman–Crippen LogP) is 2.77. The predicted molar refractivity (Wildman–Crippen MR) is 107 cm³/mol. The molecule has 1 aromatic heterocycles. The summed E-state index contributed by atoms with van der Waals surface area (Å²) < 4.78 is 18.9. The molecule has 0 saturated carbocycles. The van der Waals surface area contributed by atoms with E-state index in [0.717, 1.165) is 56.3 Å². The molecule has 0 aliphatic carbocycles. The number of benzene rings is 1. The summed E-state index contributed by atoms with van der Waals surface area (Å²) in [7, 11) is 0. The van der Waals surface area contributed by atoms with Gasteiger partial charge in [-0.05, 0) is 18.6 Å². The molecule has 8 heteroatoms. The van der Waals surface area contributed by atoms with Crippen molar-refractivity contribution in [3.05, 3.63) is 42.5 Å². The molecule has 0 bridgehead atoms. The number of hydrogen-bond acceptors (Lipinski definition) is 6. The highest BCUT2D eigenvalue weighted by Gasteiger charge is 2.25. The molecule has 1 fully saturated rings. The number of rotatable bonds is 5. The van der Waals surface area contributed by atoms with Crippen LogP contribution in [-0.4, -0.2) is 59.7 Å². The minimum atomic E-state index is -0.412. The van der Waals surface area contributed by atoms with Crippen LogP contribution in [0.3, 0.4) is 0 Å². The number of ether oxygens (including phenoxy) is 1. The molecule has 28 heavy (non-hydrogen) atoms. The lowest BCUT2D eigenvalue weighted by Gasteiger charge is -2.38. The Labute approximate surface area is 164 Å². The Kier molecular flexibility index (Phi) is 5.66. The van der Waals surface area contributed by atoms with Crippen molar-refractivity contribution in [2.45, 2.75) is 25.9 Å². The lowest BCUT2D eigenvalue weighted by Crippen LogP contribution is -2.50. The molecule has 1 atom stereocenters. The summed E-state index contributed by atoms with van der Waals surface area (Å²) in [5.74, 6) is 1.89. The molecular formula is C20H25FN6O. The monoisotopic (exact) mass is 384 g/mol. The molecule has 1 unspecified atom stereocenters. The number of para-hydroxylation sites is 2. The second kappa shape index (κ2) is 8.52. The van der Waals surface area contributed by atoms with Gasteiger partial charge in [0.15, 0.2) is 5.82 Å². The molecule has 2 aliphatic heterocycles. The molecular weight excluding hydrogens is 359 g/mol.